The second-order valence-electron chi connectivity index (χ2n) is 4.45. The number of halogens is 1. The minimum atomic E-state index is -0.00972. The molecular formula is C14H18BrN3. The number of aryl methyl sites for hydroxylation is 2. The summed E-state index contributed by atoms with van der Waals surface area (Å²) in [5.41, 5.74) is 8.62. The topological polar surface area (TPSA) is 43.8 Å². The highest BCUT2D eigenvalue weighted by Crippen LogP contribution is 2.22. The molecule has 0 fully saturated rings. The van der Waals surface area contributed by atoms with Crippen LogP contribution in [-0.2, 0) is 13.0 Å². The van der Waals surface area contributed by atoms with Gasteiger partial charge in [0.25, 0.3) is 0 Å². The van der Waals surface area contributed by atoms with Crippen LogP contribution in [0.25, 0.3) is 0 Å². The fourth-order valence-electron chi connectivity index (χ4n) is 2.03. The maximum Gasteiger partial charge on any atom is 0.110 e. The van der Waals surface area contributed by atoms with E-state index in [9.17, 15) is 0 Å². The van der Waals surface area contributed by atoms with E-state index in [4.69, 9.17) is 5.73 Å². The molecule has 18 heavy (non-hydrogen) atoms. The van der Waals surface area contributed by atoms with Gasteiger partial charge < -0.3 is 10.3 Å². The van der Waals surface area contributed by atoms with Gasteiger partial charge in [-0.2, -0.15) is 0 Å². The van der Waals surface area contributed by atoms with Crippen molar-refractivity contribution in [2.45, 2.75) is 32.9 Å². The molecule has 1 aromatic carbocycles. The Balaban J connectivity index is 2.16. The first-order valence-electron chi connectivity index (χ1n) is 6.13. The zero-order valence-electron chi connectivity index (χ0n) is 10.7. The molecule has 1 unspecified atom stereocenters. The summed E-state index contributed by atoms with van der Waals surface area (Å²) in [6, 6.07) is 6.25. The predicted octanol–water partition coefficient (Wildman–Crippen LogP) is 3.22. The summed E-state index contributed by atoms with van der Waals surface area (Å²) in [7, 11) is 0. The maximum absolute atomic E-state index is 6.26. The van der Waals surface area contributed by atoms with Crippen molar-refractivity contribution in [1.82, 2.24) is 9.55 Å². The lowest BCUT2D eigenvalue weighted by molar-refractivity contribution is 0.628. The molecule has 0 amide bonds. The molecule has 0 aliphatic rings. The summed E-state index contributed by atoms with van der Waals surface area (Å²) in [6.45, 7) is 5.12. The molecule has 2 N–H and O–H groups in total. The van der Waals surface area contributed by atoms with E-state index in [2.05, 4.69) is 57.5 Å². The van der Waals surface area contributed by atoms with E-state index in [0.29, 0.717) is 0 Å². The van der Waals surface area contributed by atoms with Crippen molar-refractivity contribution in [2.24, 2.45) is 5.73 Å². The Kier molecular flexibility index (Phi) is 4.19. The van der Waals surface area contributed by atoms with Gasteiger partial charge in [-0.3, -0.25) is 0 Å². The molecule has 0 spiro atoms. The van der Waals surface area contributed by atoms with Crippen LogP contribution in [0.2, 0.25) is 0 Å². The number of imidazole rings is 1. The first-order valence-corrected chi connectivity index (χ1v) is 6.92. The highest BCUT2D eigenvalue weighted by atomic mass is 79.9. The van der Waals surface area contributed by atoms with E-state index in [1.54, 1.807) is 0 Å². The SMILES string of the molecule is CCn1ccnc1CC(N)c1ccc(Br)c(C)c1. The van der Waals surface area contributed by atoms with Crippen molar-refractivity contribution in [1.29, 1.82) is 0 Å². The number of hydrogen-bond donors (Lipinski definition) is 1. The fraction of sp³-hybridized carbons (Fsp3) is 0.357. The number of hydrogen-bond acceptors (Lipinski definition) is 2. The monoisotopic (exact) mass is 307 g/mol. The van der Waals surface area contributed by atoms with Gasteiger partial charge in [0.15, 0.2) is 0 Å². The standard InChI is InChI=1S/C14H18BrN3/c1-3-18-7-6-17-14(18)9-13(16)11-4-5-12(15)10(2)8-11/h4-8,13H,3,9,16H2,1-2H3. The average molecular weight is 308 g/mol. The van der Waals surface area contributed by atoms with Gasteiger partial charge in [0, 0.05) is 35.9 Å². The van der Waals surface area contributed by atoms with E-state index in [-0.39, 0.29) is 6.04 Å². The average Bonchev–Trinajstić information content (AvgIpc) is 2.79. The molecule has 3 nitrogen and oxygen atoms in total. The molecule has 0 saturated carbocycles. The molecule has 2 rings (SSSR count). The Morgan fingerprint density at radius 2 is 2.22 bits per heavy atom. The summed E-state index contributed by atoms with van der Waals surface area (Å²) in [5.74, 6) is 1.05. The van der Waals surface area contributed by atoms with Crippen molar-refractivity contribution in [2.75, 3.05) is 0 Å². The quantitative estimate of drug-likeness (QED) is 0.942. The zero-order valence-corrected chi connectivity index (χ0v) is 12.3. The number of nitrogens with zero attached hydrogens (tertiary/aromatic N) is 2. The van der Waals surface area contributed by atoms with Crippen LogP contribution in [0.15, 0.2) is 35.1 Å². The second kappa shape index (κ2) is 5.67. The number of benzene rings is 1. The van der Waals surface area contributed by atoms with Crippen LogP contribution in [0.4, 0.5) is 0 Å². The number of rotatable bonds is 4. The van der Waals surface area contributed by atoms with Gasteiger partial charge in [-0.1, -0.05) is 28.1 Å². The fourth-order valence-corrected chi connectivity index (χ4v) is 2.28. The Morgan fingerprint density at radius 3 is 2.89 bits per heavy atom. The lowest BCUT2D eigenvalue weighted by Gasteiger charge is -2.14. The number of nitrogens with two attached hydrogens (primary N) is 1. The molecular weight excluding hydrogens is 290 g/mol. The molecule has 0 bridgehead atoms. The molecule has 4 heteroatoms. The molecule has 0 radical (unpaired) electrons. The molecule has 1 aromatic heterocycles. The van der Waals surface area contributed by atoms with Crippen LogP contribution in [0.1, 0.15) is 29.9 Å². The molecule has 0 aliphatic carbocycles. The third-order valence-electron chi connectivity index (χ3n) is 3.16. The van der Waals surface area contributed by atoms with Crippen LogP contribution in [-0.4, -0.2) is 9.55 Å². The first kappa shape index (κ1) is 13.3. The van der Waals surface area contributed by atoms with Crippen molar-refractivity contribution in [3.05, 3.63) is 52.0 Å². The molecule has 96 valence electrons. The summed E-state index contributed by atoms with van der Waals surface area (Å²) < 4.78 is 3.25. The van der Waals surface area contributed by atoms with E-state index >= 15 is 0 Å². The van der Waals surface area contributed by atoms with Gasteiger partial charge in [-0.25, -0.2) is 4.98 Å². The van der Waals surface area contributed by atoms with Crippen LogP contribution in [0, 0.1) is 6.92 Å². The Labute approximate surface area is 116 Å². The molecule has 0 aliphatic heterocycles. The highest BCUT2D eigenvalue weighted by molar-refractivity contribution is 9.10. The van der Waals surface area contributed by atoms with Gasteiger partial charge in [0.05, 0.1) is 0 Å². The summed E-state index contributed by atoms with van der Waals surface area (Å²) >= 11 is 3.50. The third-order valence-corrected chi connectivity index (χ3v) is 4.04. The van der Waals surface area contributed by atoms with Gasteiger partial charge in [-0.15, -0.1) is 0 Å². The third kappa shape index (κ3) is 2.82. The van der Waals surface area contributed by atoms with Gasteiger partial charge in [0.2, 0.25) is 0 Å². The molecule has 2 aromatic rings. The number of aromatic nitrogens is 2. The van der Waals surface area contributed by atoms with Crippen LogP contribution in [0.5, 0.6) is 0 Å². The van der Waals surface area contributed by atoms with E-state index in [1.807, 2.05) is 12.4 Å². The van der Waals surface area contributed by atoms with E-state index in [0.717, 1.165) is 28.8 Å². The van der Waals surface area contributed by atoms with E-state index in [1.165, 1.54) is 5.56 Å². The van der Waals surface area contributed by atoms with Crippen molar-refractivity contribution in [3.63, 3.8) is 0 Å². The van der Waals surface area contributed by atoms with Crippen molar-refractivity contribution < 1.29 is 0 Å². The Hall–Kier alpha value is -1.13. The molecule has 1 atom stereocenters. The smallest absolute Gasteiger partial charge is 0.110 e. The largest absolute Gasteiger partial charge is 0.335 e. The van der Waals surface area contributed by atoms with Gasteiger partial charge in [-0.05, 0) is 31.0 Å². The van der Waals surface area contributed by atoms with Gasteiger partial charge in [0.1, 0.15) is 5.82 Å². The minimum absolute atomic E-state index is 0.00972. The maximum atomic E-state index is 6.26. The zero-order chi connectivity index (χ0) is 13.1. The molecule has 1 heterocycles. The first-order chi connectivity index (χ1) is 8.61. The normalized spacial score (nSPS) is 12.7. The predicted molar refractivity (Wildman–Crippen MR) is 77.4 cm³/mol. The summed E-state index contributed by atoms with van der Waals surface area (Å²) in [6.07, 6.45) is 4.59. The minimum Gasteiger partial charge on any atom is -0.335 e. The second-order valence-corrected chi connectivity index (χ2v) is 5.30. The lowest BCUT2D eigenvalue weighted by Crippen LogP contribution is -2.16. The van der Waals surface area contributed by atoms with Crippen molar-refractivity contribution >= 4 is 15.9 Å². The highest BCUT2D eigenvalue weighted by Gasteiger charge is 2.11. The van der Waals surface area contributed by atoms with Crippen LogP contribution < -0.4 is 5.73 Å². The lowest BCUT2D eigenvalue weighted by atomic mass is 10.0. The van der Waals surface area contributed by atoms with Gasteiger partial charge >= 0.3 is 0 Å². The van der Waals surface area contributed by atoms with Crippen LogP contribution >= 0.6 is 15.9 Å². The summed E-state index contributed by atoms with van der Waals surface area (Å²) in [4.78, 5) is 4.37. The van der Waals surface area contributed by atoms with Crippen LogP contribution in [0.3, 0.4) is 0 Å². The van der Waals surface area contributed by atoms with Crippen molar-refractivity contribution in [3.8, 4) is 0 Å². The van der Waals surface area contributed by atoms with E-state index < -0.39 is 0 Å². The molecule has 0 saturated heterocycles. The Bertz CT molecular complexity index is 534. The Morgan fingerprint density at radius 1 is 1.44 bits per heavy atom. The summed E-state index contributed by atoms with van der Waals surface area (Å²) in [5, 5.41) is 0.